The van der Waals surface area contributed by atoms with Gasteiger partial charge in [0.1, 0.15) is 23.1 Å². The van der Waals surface area contributed by atoms with E-state index in [0.29, 0.717) is 28.0 Å². The van der Waals surface area contributed by atoms with Gasteiger partial charge in [0.2, 0.25) is 5.91 Å². The number of hydroxylamine groups is 1. The number of amides is 4. The summed E-state index contributed by atoms with van der Waals surface area (Å²) >= 11 is 0. The molecule has 0 aliphatic carbocycles. The van der Waals surface area contributed by atoms with E-state index < -0.39 is 36.5 Å². The molecule has 1 atom stereocenters. The summed E-state index contributed by atoms with van der Waals surface area (Å²) in [5.74, 6) is -0.589. The largest absolute Gasteiger partial charge is 0.457 e. The average Bonchev–Trinajstić information content (AvgIpc) is 3.65. The molecule has 60 heavy (non-hydrogen) atoms. The van der Waals surface area contributed by atoms with Crippen molar-refractivity contribution < 1.29 is 42.2 Å². The van der Waals surface area contributed by atoms with E-state index in [1.165, 1.54) is 31.5 Å². The first-order valence-electron chi connectivity index (χ1n) is 18.9. The molecule has 16 heteroatoms. The van der Waals surface area contributed by atoms with E-state index in [-0.39, 0.29) is 35.8 Å². The molecule has 4 aromatic carbocycles. The predicted molar refractivity (Wildman–Crippen MR) is 223 cm³/mol. The highest BCUT2D eigenvalue weighted by atomic mass is 19.3. The molecule has 14 nitrogen and oxygen atoms in total. The van der Waals surface area contributed by atoms with Crippen LogP contribution in [0.15, 0.2) is 115 Å². The van der Waals surface area contributed by atoms with Crippen molar-refractivity contribution in [2.24, 2.45) is 0 Å². The number of nitrogens with zero attached hydrogens (tertiary/aromatic N) is 3. The average molecular weight is 822 g/mol. The molecule has 0 radical (unpaired) electrons. The Bertz CT molecular complexity index is 2440. The van der Waals surface area contributed by atoms with Gasteiger partial charge in [-0.15, -0.1) is 0 Å². The molecule has 0 aliphatic heterocycles. The lowest BCUT2D eigenvalue weighted by atomic mass is 9.92. The van der Waals surface area contributed by atoms with Crippen molar-refractivity contribution in [3.8, 4) is 17.2 Å². The van der Waals surface area contributed by atoms with Crippen molar-refractivity contribution in [3.05, 3.63) is 132 Å². The van der Waals surface area contributed by atoms with E-state index in [9.17, 15) is 14.4 Å². The molecule has 0 aliphatic rings. The minimum Gasteiger partial charge on any atom is -0.457 e. The molecular weight excluding hydrogens is 777 g/mol. The molecule has 6 aromatic rings. The molecule has 4 N–H and O–H groups in total. The van der Waals surface area contributed by atoms with Gasteiger partial charge in [-0.2, -0.15) is 18.7 Å². The molecular formula is C44H45F2N7O7. The van der Waals surface area contributed by atoms with Gasteiger partial charge in [-0.05, 0) is 49.4 Å². The molecule has 0 bridgehead atoms. The van der Waals surface area contributed by atoms with Gasteiger partial charge in [0.25, 0.3) is 5.91 Å². The zero-order chi connectivity index (χ0) is 42.9. The highest BCUT2D eigenvalue weighted by Crippen LogP contribution is 2.35. The number of carbonyl (C=O) groups excluding carboxylic acids is 3. The van der Waals surface area contributed by atoms with Crippen molar-refractivity contribution in [1.29, 1.82) is 0 Å². The summed E-state index contributed by atoms with van der Waals surface area (Å²) in [4.78, 5) is 47.5. The second-order valence-electron chi connectivity index (χ2n) is 14.7. The fourth-order valence-electron chi connectivity index (χ4n) is 5.87. The highest BCUT2D eigenvalue weighted by molar-refractivity contribution is 6.07. The van der Waals surface area contributed by atoms with Crippen LogP contribution < -0.4 is 26.2 Å². The minimum absolute atomic E-state index is 0.00789. The number of alkyl halides is 2. The van der Waals surface area contributed by atoms with Gasteiger partial charge in [-0.1, -0.05) is 80.9 Å². The number of hydrogen-bond acceptors (Lipinski definition) is 9. The number of aromatic nitrogens is 3. The Kier molecular flexibility index (Phi) is 13.5. The molecule has 2 heterocycles. The lowest BCUT2D eigenvalue weighted by molar-refractivity contribution is -0.316. The van der Waals surface area contributed by atoms with Gasteiger partial charge >= 0.3 is 12.1 Å². The molecule has 1 unspecified atom stereocenters. The summed E-state index contributed by atoms with van der Waals surface area (Å²) < 4.78 is 48.5. The van der Waals surface area contributed by atoms with Gasteiger partial charge in [0.15, 0.2) is 6.10 Å². The second kappa shape index (κ2) is 18.9. The van der Waals surface area contributed by atoms with Crippen molar-refractivity contribution in [3.63, 3.8) is 0 Å². The van der Waals surface area contributed by atoms with Crippen LogP contribution in [0.3, 0.4) is 0 Å². The van der Waals surface area contributed by atoms with Gasteiger partial charge in [-0.3, -0.25) is 14.9 Å². The molecule has 4 amide bonds. The number of halogens is 2. The molecule has 0 fully saturated rings. The number of pyridine rings is 1. The Morgan fingerprint density at radius 3 is 2.25 bits per heavy atom. The number of benzene rings is 4. The maximum absolute atomic E-state index is 15.2. The first kappa shape index (κ1) is 42.8. The fraction of sp³-hybridized carbons (Fsp3) is 0.250. The molecule has 0 saturated carbocycles. The minimum atomic E-state index is -4.11. The van der Waals surface area contributed by atoms with E-state index in [4.69, 9.17) is 19.3 Å². The third kappa shape index (κ3) is 11.0. The Hall–Kier alpha value is -6.75. The molecule has 2 aromatic heterocycles. The van der Waals surface area contributed by atoms with Crippen LogP contribution in [0.1, 0.15) is 48.8 Å². The SMILES string of the molecule is COCCOC(CC(=O)Nc1cc(Oc2ccc(NC(=O)Nc3cc(C(C)(C)C)nn3-c3ccc(C)cc3)c3ccccc23)ccn1)C(F)(F)ONC(=O)c1ccccc1. The first-order valence-corrected chi connectivity index (χ1v) is 18.9. The molecule has 6 rings (SSSR count). The molecule has 0 saturated heterocycles. The van der Waals surface area contributed by atoms with Crippen LogP contribution >= 0.6 is 0 Å². The van der Waals surface area contributed by atoms with Crippen LogP contribution in [-0.2, 0) is 24.5 Å². The number of rotatable bonds is 16. The summed E-state index contributed by atoms with van der Waals surface area (Å²) in [5, 5.41) is 14.5. The van der Waals surface area contributed by atoms with Gasteiger partial charge < -0.3 is 24.8 Å². The third-order valence-corrected chi connectivity index (χ3v) is 9.02. The number of carbonyl (C=O) groups is 3. The van der Waals surface area contributed by atoms with E-state index in [2.05, 4.69) is 25.8 Å². The zero-order valence-corrected chi connectivity index (χ0v) is 33.6. The van der Waals surface area contributed by atoms with Crippen molar-refractivity contribution in [1.82, 2.24) is 20.2 Å². The van der Waals surface area contributed by atoms with Crippen molar-refractivity contribution in [2.75, 3.05) is 36.3 Å². The van der Waals surface area contributed by atoms with E-state index in [1.807, 2.05) is 82.3 Å². The number of anilines is 3. The Balaban J connectivity index is 1.13. The number of hydrogen-bond donors (Lipinski definition) is 4. The van der Waals surface area contributed by atoms with Crippen LogP contribution in [0.5, 0.6) is 11.5 Å². The number of ether oxygens (including phenoxy) is 3. The number of urea groups is 1. The topological polar surface area (TPSA) is 167 Å². The van der Waals surface area contributed by atoms with Crippen LogP contribution in [0.25, 0.3) is 16.5 Å². The van der Waals surface area contributed by atoms with E-state index >= 15 is 8.78 Å². The Labute approximate surface area is 345 Å². The third-order valence-electron chi connectivity index (χ3n) is 9.02. The summed E-state index contributed by atoms with van der Waals surface area (Å²) in [6.07, 6.45) is -5.72. The quantitative estimate of drug-likeness (QED) is 0.0551. The van der Waals surface area contributed by atoms with Gasteiger partial charge in [0.05, 0.1) is 36.7 Å². The van der Waals surface area contributed by atoms with Crippen LogP contribution in [0, 0.1) is 6.92 Å². The fourth-order valence-corrected chi connectivity index (χ4v) is 5.87. The Morgan fingerprint density at radius 1 is 0.817 bits per heavy atom. The van der Waals surface area contributed by atoms with Crippen LogP contribution in [0.4, 0.5) is 30.9 Å². The van der Waals surface area contributed by atoms with E-state index in [0.717, 1.165) is 16.9 Å². The van der Waals surface area contributed by atoms with Crippen molar-refractivity contribution >= 4 is 45.9 Å². The predicted octanol–water partition coefficient (Wildman–Crippen LogP) is 8.78. The lowest BCUT2D eigenvalue weighted by Crippen LogP contribution is -2.46. The van der Waals surface area contributed by atoms with Crippen molar-refractivity contribution in [2.45, 2.75) is 51.7 Å². The smallest absolute Gasteiger partial charge is 0.401 e. The zero-order valence-electron chi connectivity index (χ0n) is 33.6. The number of nitrogens with one attached hydrogen (secondary N) is 4. The monoisotopic (exact) mass is 821 g/mol. The molecule has 0 spiro atoms. The highest BCUT2D eigenvalue weighted by Gasteiger charge is 2.45. The Morgan fingerprint density at radius 2 is 1.53 bits per heavy atom. The summed E-state index contributed by atoms with van der Waals surface area (Å²) in [5.41, 5.74) is 4.76. The van der Waals surface area contributed by atoms with Crippen LogP contribution in [0.2, 0.25) is 0 Å². The summed E-state index contributed by atoms with van der Waals surface area (Å²) in [6.45, 7) is 7.82. The number of fused-ring (bicyclic) bond motifs is 1. The summed E-state index contributed by atoms with van der Waals surface area (Å²) in [6, 6.07) is 30.5. The number of methoxy groups -OCH3 is 1. The lowest BCUT2D eigenvalue weighted by Gasteiger charge is -2.26. The van der Waals surface area contributed by atoms with Gasteiger partial charge in [0, 0.05) is 47.2 Å². The standard InChI is InChI=1S/C44H45F2N7O7/c1-28-15-17-30(18-16-28)53-39(26-36(51-53)43(2,3)4)50-42(56)48-34-19-20-35(33-14-10-9-13-32(33)34)59-31-21-22-47-38(25-31)49-40(54)27-37(58-24-23-57-5)44(45,46)60-52-41(55)29-11-7-6-8-12-29/h6-22,25-26,37H,23-24,27H2,1-5H3,(H,52,55)(H,47,49,54)(H2,48,50,56). The maximum Gasteiger partial charge on any atom is 0.401 e. The maximum atomic E-state index is 15.2. The second-order valence-corrected chi connectivity index (χ2v) is 14.7. The van der Waals surface area contributed by atoms with E-state index in [1.54, 1.807) is 46.6 Å². The number of aryl methyl sites for hydroxylation is 1. The van der Waals surface area contributed by atoms with Crippen LogP contribution in [-0.4, -0.2) is 65.1 Å². The summed E-state index contributed by atoms with van der Waals surface area (Å²) in [7, 11) is 1.36. The molecule has 312 valence electrons. The van der Waals surface area contributed by atoms with Gasteiger partial charge in [-0.25, -0.2) is 19.9 Å². The first-order chi connectivity index (χ1) is 28.7. The normalized spacial score (nSPS) is 12.1.